The van der Waals surface area contributed by atoms with Crippen LogP contribution in [0.1, 0.15) is 27.7 Å². The predicted octanol–water partition coefficient (Wildman–Crippen LogP) is 6.96. The minimum Gasteiger partial charge on any atom is -0.399 e. The number of benzene rings is 3. The van der Waals surface area contributed by atoms with E-state index in [9.17, 15) is 0 Å². The maximum absolute atomic E-state index is 6.24. The highest BCUT2D eigenvalue weighted by Crippen LogP contribution is 2.37. The molecular weight excluding hydrogens is 481 g/mol. The van der Waals surface area contributed by atoms with Gasteiger partial charge in [-0.1, -0.05) is 54.6 Å². The monoisotopic (exact) mass is 509 g/mol. The zero-order chi connectivity index (χ0) is 26.8. The summed E-state index contributed by atoms with van der Waals surface area (Å²) in [6.07, 6.45) is 3.65. The van der Waals surface area contributed by atoms with Gasteiger partial charge < -0.3 is 9.31 Å². The number of nitrogens with zero attached hydrogens (tertiary/aromatic N) is 3. The maximum atomic E-state index is 6.24. The fraction of sp³-hybridized carbons (Fsp3) is 0.182. The summed E-state index contributed by atoms with van der Waals surface area (Å²) in [5.41, 5.74) is 7.35. The highest BCUT2D eigenvalue weighted by Gasteiger charge is 2.51. The van der Waals surface area contributed by atoms with Crippen molar-refractivity contribution in [2.75, 3.05) is 0 Å². The van der Waals surface area contributed by atoms with Crippen molar-refractivity contribution in [2.24, 2.45) is 0 Å². The van der Waals surface area contributed by atoms with E-state index >= 15 is 0 Å². The minimum absolute atomic E-state index is 0.368. The second-order valence-electron chi connectivity index (χ2n) is 11.2. The van der Waals surface area contributed by atoms with Crippen LogP contribution in [0.5, 0.6) is 0 Å². The number of aromatic nitrogens is 3. The Balaban J connectivity index is 1.21. The van der Waals surface area contributed by atoms with Crippen molar-refractivity contribution in [1.29, 1.82) is 0 Å². The molecule has 6 heteroatoms. The van der Waals surface area contributed by atoms with Gasteiger partial charge in [0.1, 0.15) is 0 Å². The number of fused-ring (bicyclic) bond motifs is 4. The summed E-state index contributed by atoms with van der Waals surface area (Å²) in [4.78, 5) is 14.2. The third kappa shape index (κ3) is 3.99. The number of rotatable bonds is 3. The van der Waals surface area contributed by atoms with Gasteiger partial charge in [0, 0.05) is 28.7 Å². The van der Waals surface area contributed by atoms with Crippen LogP contribution >= 0.6 is 0 Å². The van der Waals surface area contributed by atoms with Gasteiger partial charge in [-0.25, -0.2) is 4.98 Å². The van der Waals surface area contributed by atoms with Crippen LogP contribution in [0.25, 0.3) is 55.1 Å². The van der Waals surface area contributed by atoms with Crippen molar-refractivity contribution in [2.45, 2.75) is 38.9 Å². The van der Waals surface area contributed by atoms with E-state index in [-0.39, 0.29) is 18.3 Å². The van der Waals surface area contributed by atoms with Gasteiger partial charge in [0.25, 0.3) is 0 Å². The molecule has 0 amide bonds. The average Bonchev–Trinajstić information content (AvgIpc) is 3.18. The SMILES string of the molecule is CC1(C)OB(c2ccc3nc(-c4ccc(-c5cc6cccnc6c6ncccc56)cc4)ccc3c2)OC1(C)C. The zero-order valence-electron chi connectivity index (χ0n) is 22.5. The molecule has 5 nitrogen and oxygen atoms in total. The van der Waals surface area contributed by atoms with E-state index < -0.39 is 0 Å². The summed E-state index contributed by atoms with van der Waals surface area (Å²) in [7, 11) is -0.385. The van der Waals surface area contributed by atoms with Crippen LogP contribution in [0.4, 0.5) is 0 Å². The topological polar surface area (TPSA) is 57.1 Å². The molecule has 7 rings (SSSR count). The third-order valence-electron chi connectivity index (χ3n) is 8.19. The number of pyridine rings is 3. The second-order valence-corrected chi connectivity index (χ2v) is 11.2. The Morgan fingerprint density at radius 3 is 2.10 bits per heavy atom. The van der Waals surface area contributed by atoms with Crippen LogP contribution in [0.2, 0.25) is 0 Å². The molecule has 0 spiro atoms. The van der Waals surface area contributed by atoms with Crippen molar-refractivity contribution in [3.8, 4) is 22.4 Å². The van der Waals surface area contributed by atoms with Gasteiger partial charge in [-0.05, 0) is 80.0 Å². The van der Waals surface area contributed by atoms with Crippen LogP contribution in [-0.2, 0) is 9.31 Å². The first-order valence-electron chi connectivity index (χ1n) is 13.3. The fourth-order valence-corrected chi connectivity index (χ4v) is 5.27. The maximum Gasteiger partial charge on any atom is 0.494 e. The van der Waals surface area contributed by atoms with Gasteiger partial charge in [-0.15, -0.1) is 0 Å². The lowest BCUT2D eigenvalue weighted by Gasteiger charge is -2.32. The molecule has 6 aromatic rings. The minimum atomic E-state index is -0.385. The molecule has 0 saturated carbocycles. The lowest BCUT2D eigenvalue weighted by Crippen LogP contribution is -2.41. The summed E-state index contributed by atoms with van der Waals surface area (Å²) in [5, 5.41) is 3.24. The Morgan fingerprint density at radius 2 is 1.33 bits per heavy atom. The molecule has 0 bridgehead atoms. The molecule has 0 unspecified atom stereocenters. The Labute approximate surface area is 228 Å². The molecule has 190 valence electrons. The third-order valence-corrected chi connectivity index (χ3v) is 8.19. The van der Waals surface area contributed by atoms with E-state index in [1.807, 2.05) is 24.5 Å². The van der Waals surface area contributed by atoms with Gasteiger partial charge >= 0.3 is 7.12 Å². The number of hydrogen-bond donors (Lipinski definition) is 0. The summed E-state index contributed by atoms with van der Waals surface area (Å²) in [5.74, 6) is 0. The van der Waals surface area contributed by atoms with Crippen molar-refractivity contribution in [3.63, 3.8) is 0 Å². The van der Waals surface area contributed by atoms with E-state index in [0.717, 1.165) is 60.6 Å². The summed E-state index contributed by atoms with van der Waals surface area (Å²) >= 11 is 0. The van der Waals surface area contributed by atoms with E-state index in [1.54, 1.807) is 0 Å². The van der Waals surface area contributed by atoms with Crippen molar-refractivity contribution in [1.82, 2.24) is 15.0 Å². The van der Waals surface area contributed by atoms with Gasteiger partial charge in [0.2, 0.25) is 0 Å². The van der Waals surface area contributed by atoms with Crippen LogP contribution < -0.4 is 5.46 Å². The highest BCUT2D eigenvalue weighted by atomic mass is 16.7. The van der Waals surface area contributed by atoms with Crippen LogP contribution in [-0.4, -0.2) is 33.3 Å². The molecule has 1 fully saturated rings. The molecule has 1 saturated heterocycles. The molecule has 1 aliphatic rings. The fourth-order valence-electron chi connectivity index (χ4n) is 5.27. The highest BCUT2D eigenvalue weighted by molar-refractivity contribution is 6.62. The quantitative estimate of drug-likeness (QED) is 0.191. The lowest BCUT2D eigenvalue weighted by atomic mass is 9.78. The largest absolute Gasteiger partial charge is 0.494 e. The molecule has 0 aliphatic carbocycles. The molecule has 3 aromatic carbocycles. The molecule has 1 aliphatic heterocycles. The van der Waals surface area contributed by atoms with Gasteiger partial charge in [0.15, 0.2) is 0 Å². The Kier molecular flexibility index (Phi) is 5.34. The molecule has 0 atom stereocenters. The average molecular weight is 509 g/mol. The first-order valence-corrected chi connectivity index (χ1v) is 13.3. The number of hydrogen-bond acceptors (Lipinski definition) is 5. The van der Waals surface area contributed by atoms with Crippen LogP contribution in [0.15, 0.2) is 97.3 Å². The van der Waals surface area contributed by atoms with Crippen LogP contribution in [0.3, 0.4) is 0 Å². The Hall–Kier alpha value is -4.13. The normalized spacial score (nSPS) is 16.4. The zero-order valence-corrected chi connectivity index (χ0v) is 22.5. The lowest BCUT2D eigenvalue weighted by molar-refractivity contribution is 0.00578. The van der Waals surface area contributed by atoms with Gasteiger partial charge in [0.05, 0.1) is 33.4 Å². The second kappa shape index (κ2) is 8.70. The van der Waals surface area contributed by atoms with E-state index in [1.165, 1.54) is 0 Å². The standard InChI is InChI=1S/C33H28BN3O2/c1-32(2)33(3,4)39-34(38-32)25-14-16-29-23(19-25)13-15-28(37-29)22-11-9-21(10-12-22)27-20-24-7-5-17-35-30(24)31-26(27)8-6-18-36-31/h5-20H,1-4H3. The molecule has 0 radical (unpaired) electrons. The van der Waals surface area contributed by atoms with Crippen molar-refractivity contribution >= 4 is 45.3 Å². The summed E-state index contributed by atoms with van der Waals surface area (Å²) in [6.45, 7) is 8.29. The molecule has 4 heterocycles. The van der Waals surface area contributed by atoms with E-state index in [4.69, 9.17) is 14.3 Å². The Bertz CT molecular complexity index is 1870. The molecule has 0 N–H and O–H groups in total. The molecular formula is C33H28BN3O2. The van der Waals surface area contributed by atoms with E-state index in [2.05, 4.69) is 110 Å². The molecule has 3 aromatic heterocycles. The first kappa shape index (κ1) is 24.0. The van der Waals surface area contributed by atoms with Crippen LogP contribution in [0, 0.1) is 0 Å². The van der Waals surface area contributed by atoms with Crippen molar-refractivity contribution in [3.05, 3.63) is 97.3 Å². The smallest absolute Gasteiger partial charge is 0.399 e. The first-order chi connectivity index (χ1) is 18.8. The van der Waals surface area contributed by atoms with E-state index in [0.29, 0.717) is 0 Å². The summed E-state index contributed by atoms with van der Waals surface area (Å²) in [6, 6.07) is 29.4. The Morgan fingerprint density at radius 1 is 0.641 bits per heavy atom. The molecule has 39 heavy (non-hydrogen) atoms. The summed E-state index contributed by atoms with van der Waals surface area (Å²) < 4.78 is 12.5. The predicted molar refractivity (Wildman–Crippen MR) is 159 cm³/mol. The van der Waals surface area contributed by atoms with Gasteiger partial charge in [-0.3, -0.25) is 9.97 Å². The van der Waals surface area contributed by atoms with Crippen molar-refractivity contribution < 1.29 is 9.31 Å². The van der Waals surface area contributed by atoms with Gasteiger partial charge in [-0.2, -0.15) is 0 Å².